The van der Waals surface area contributed by atoms with Crippen molar-refractivity contribution in [3.05, 3.63) is 22.8 Å². The Balaban J connectivity index is 2.12. The van der Waals surface area contributed by atoms with Crippen LogP contribution in [0.1, 0.15) is 29.2 Å². The van der Waals surface area contributed by atoms with E-state index in [4.69, 9.17) is 5.73 Å². The van der Waals surface area contributed by atoms with Gasteiger partial charge in [0.1, 0.15) is 0 Å². The lowest BCUT2D eigenvalue weighted by molar-refractivity contribution is 0.321. The van der Waals surface area contributed by atoms with E-state index in [0.717, 1.165) is 48.8 Å². The fraction of sp³-hybridized carbons (Fsp3) is 0.667. The van der Waals surface area contributed by atoms with Crippen LogP contribution in [0.3, 0.4) is 0 Å². The highest BCUT2D eigenvalue weighted by Crippen LogP contribution is 2.14. The van der Waals surface area contributed by atoms with Gasteiger partial charge in [0.15, 0.2) is 0 Å². The first-order chi connectivity index (χ1) is 7.56. The fourth-order valence-electron chi connectivity index (χ4n) is 2.13. The minimum atomic E-state index is 0.333. The highest BCUT2D eigenvalue weighted by atomic mass is 15.2. The molecule has 0 bridgehead atoms. The molecule has 2 rings (SSSR count). The molecule has 1 aromatic heterocycles. The molecule has 4 heteroatoms. The summed E-state index contributed by atoms with van der Waals surface area (Å²) in [5.41, 5.74) is 10.1. The Morgan fingerprint density at radius 2 is 1.88 bits per heavy atom. The van der Waals surface area contributed by atoms with Crippen LogP contribution in [0.4, 0.5) is 0 Å². The molecule has 0 saturated carbocycles. The zero-order valence-electron chi connectivity index (χ0n) is 10.3. The number of nitrogens with two attached hydrogens (primary N) is 1. The highest BCUT2D eigenvalue weighted by molar-refractivity contribution is 5.17. The Morgan fingerprint density at radius 3 is 2.50 bits per heavy atom. The number of hydrogen-bond acceptors (Lipinski definition) is 4. The number of likely N-dealkylation sites (tertiary alicyclic amines) is 1. The van der Waals surface area contributed by atoms with Crippen molar-refractivity contribution in [1.29, 1.82) is 0 Å². The lowest BCUT2D eigenvalue weighted by Gasteiger charge is -2.16. The molecular weight excluding hydrogens is 200 g/mol. The van der Waals surface area contributed by atoms with Crippen molar-refractivity contribution in [3.8, 4) is 0 Å². The Bertz CT molecular complexity index is 389. The van der Waals surface area contributed by atoms with Gasteiger partial charge in [0.05, 0.1) is 22.8 Å². The van der Waals surface area contributed by atoms with Gasteiger partial charge < -0.3 is 5.73 Å². The van der Waals surface area contributed by atoms with Crippen LogP contribution in [0.2, 0.25) is 0 Å². The normalized spacial score (nSPS) is 21.6. The van der Waals surface area contributed by atoms with Crippen LogP contribution in [-0.4, -0.2) is 34.0 Å². The molecule has 1 fully saturated rings. The van der Waals surface area contributed by atoms with E-state index in [1.165, 1.54) is 0 Å². The first kappa shape index (κ1) is 11.5. The van der Waals surface area contributed by atoms with Crippen LogP contribution in [0, 0.1) is 20.8 Å². The lowest BCUT2D eigenvalue weighted by Crippen LogP contribution is -2.27. The van der Waals surface area contributed by atoms with Gasteiger partial charge in [0.2, 0.25) is 0 Å². The first-order valence-electron chi connectivity index (χ1n) is 5.85. The van der Waals surface area contributed by atoms with Crippen molar-refractivity contribution in [2.45, 2.75) is 39.8 Å². The highest BCUT2D eigenvalue weighted by Gasteiger charge is 2.20. The molecule has 0 aromatic carbocycles. The smallest absolute Gasteiger partial charge is 0.0759 e. The molecule has 1 aliphatic heterocycles. The Kier molecular flexibility index (Phi) is 3.21. The van der Waals surface area contributed by atoms with Gasteiger partial charge in [-0.1, -0.05) is 0 Å². The first-order valence-corrected chi connectivity index (χ1v) is 5.85. The van der Waals surface area contributed by atoms with Crippen molar-refractivity contribution in [2.24, 2.45) is 5.73 Å². The summed E-state index contributed by atoms with van der Waals surface area (Å²) >= 11 is 0. The van der Waals surface area contributed by atoms with E-state index in [0.29, 0.717) is 6.04 Å². The van der Waals surface area contributed by atoms with Crippen LogP contribution in [0.5, 0.6) is 0 Å². The Hall–Kier alpha value is -1.00. The second-order valence-electron chi connectivity index (χ2n) is 4.71. The monoisotopic (exact) mass is 220 g/mol. The molecule has 16 heavy (non-hydrogen) atoms. The van der Waals surface area contributed by atoms with Crippen LogP contribution in [0.25, 0.3) is 0 Å². The Morgan fingerprint density at radius 1 is 1.19 bits per heavy atom. The third kappa shape index (κ3) is 2.39. The maximum absolute atomic E-state index is 5.89. The van der Waals surface area contributed by atoms with Crippen LogP contribution < -0.4 is 5.73 Å². The van der Waals surface area contributed by atoms with Gasteiger partial charge in [-0.05, 0) is 27.2 Å². The van der Waals surface area contributed by atoms with E-state index < -0.39 is 0 Å². The zero-order chi connectivity index (χ0) is 11.7. The molecule has 0 amide bonds. The summed E-state index contributed by atoms with van der Waals surface area (Å²) in [5, 5.41) is 0. The van der Waals surface area contributed by atoms with E-state index in [2.05, 4.69) is 14.9 Å². The molecule has 0 aliphatic carbocycles. The second-order valence-corrected chi connectivity index (χ2v) is 4.71. The third-order valence-electron chi connectivity index (χ3n) is 3.26. The predicted octanol–water partition coefficient (Wildman–Crippen LogP) is 0.935. The molecule has 1 saturated heterocycles. The predicted molar refractivity (Wildman–Crippen MR) is 64.1 cm³/mol. The number of aromatic nitrogens is 2. The van der Waals surface area contributed by atoms with Crippen molar-refractivity contribution in [1.82, 2.24) is 14.9 Å². The number of rotatable bonds is 2. The van der Waals surface area contributed by atoms with Gasteiger partial charge in [-0.15, -0.1) is 0 Å². The summed E-state index contributed by atoms with van der Waals surface area (Å²) in [6.07, 6.45) is 1.09. The van der Waals surface area contributed by atoms with Gasteiger partial charge in [-0.2, -0.15) is 0 Å². The summed E-state index contributed by atoms with van der Waals surface area (Å²) in [5.74, 6) is 0. The summed E-state index contributed by atoms with van der Waals surface area (Å²) in [7, 11) is 0. The maximum atomic E-state index is 5.89. The van der Waals surface area contributed by atoms with E-state index in [-0.39, 0.29) is 0 Å². The molecule has 1 unspecified atom stereocenters. The third-order valence-corrected chi connectivity index (χ3v) is 3.26. The Labute approximate surface area is 96.9 Å². The van der Waals surface area contributed by atoms with Gasteiger partial charge in [0, 0.05) is 25.7 Å². The molecule has 2 N–H and O–H groups in total. The minimum absolute atomic E-state index is 0.333. The number of aryl methyl sites for hydroxylation is 3. The topological polar surface area (TPSA) is 55.0 Å². The van der Waals surface area contributed by atoms with Gasteiger partial charge in [-0.3, -0.25) is 14.9 Å². The van der Waals surface area contributed by atoms with Crippen LogP contribution >= 0.6 is 0 Å². The average molecular weight is 220 g/mol. The maximum Gasteiger partial charge on any atom is 0.0759 e. The van der Waals surface area contributed by atoms with Crippen molar-refractivity contribution in [3.63, 3.8) is 0 Å². The molecule has 1 atom stereocenters. The van der Waals surface area contributed by atoms with E-state index >= 15 is 0 Å². The molecule has 88 valence electrons. The molecule has 0 radical (unpaired) electrons. The second kappa shape index (κ2) is 4.47. The average Bonchev–Trinajstić information content (AvgIpc) is 2.60. The number of hydrogen-bond donors (Lipinski definition) is 1. The largest absolute Gasteiger partial charge is 0.326 e. The molecular formula is C12H20N4. The van der Waals surface area contributed by atoms with Crippen molar-refractivity contribution in [2.75, 3.05) is 13.1 Å². The quantitative estimate of drug-likeness (QED) is 0.805. The zero-order valence-corrected chi connectivity index (χ0v) is 10.3. The van der Waals surface area contributed by atoms with Gasteiger partial charge in [0.25, 0.3) is 0 Å². The summed E-state index contributed by atoms with van der Waals surface area (Å²) in [6.45, 7) is 8.99. The lowest BCUT2D eigenvalue weighted by atomic mass is 10.2. The summed E-state index contributed by atoms with van der Waals surface area (Å²) in [4.78, 5) is 11.5. The molecule has 0 spiro atoms. The van der Waals surface area contributed by atoms with Gasteiger partial charge in [-0.25, -0.2) is 0 Å². The summed E-state index contributed by atoms with van der Waals surface area (Å²) < 4.78 is 0. The SMILES string of the molecule is Cc1nc(C)c(CN2CCC(N)C2)nc1C. The standard InChI is InChI=1S/C12H20N4/c1-8-9(2)15-12(10(3)14-8)7-16-5-4-11(13)6-16/h11H,4-7,13H2,1-3H3. The summed E-state index contributed by atoms with van der Waals surface area (Å²) in [6, 6.07) is 0.333. The molecule has 2 heterocycles. The minimum Gasteiger partial charge on any atom is -0.326 e. The van der Waals surface area contributed by atoms with Crippen LogP contribution in [0.15, 0.2) is 0 Å². The molecule has 1 aromatic rings. The molecule has 1 aliphatic rings. The van der Waals surface area contributed by atoms with Gasteiger partial charge >= 0.3 is 0 Å². The van der Waals surface area contributed by atoms with E-state index in [9.17, 15) is 0 Å². The van der Waals surface area contributed by atoms with Crippen molar-refractivity contribution >= 4 is 0 Å². The van der Waals surface area contributed by atoms with E-state index in [1.807, 2.05) is 20.8 Å². The van der Waals surface area contributed by atoms with Crippen LogP contribution in [-0.2, 0) is 6.54 Å². The van der Waals surface area contributed by atoms with E-state index in [1.54, 1.807) is 0 Å². The van der Waals surface area contributed by atoms with Crippen molar-refractivity contribution < 1.29 is 0 Å². The fourth-order valence-corrected chi connectivity index (χ4v) is 2.13. The molecule has 4 nitrogen and oxygen atoms in total. The number of nitrogens with zero attached hydrogens (tertiary/aromatic N) is 3.